The first-order valence-electron chi connectivity index (χ1n) is 20.6. The molecule has 4 rings (SSSR count). The molecule has 1 aliphatic carbocycles. The number of carbonyl (C=O) groups excluding carboxylic acids is 4. The SMILES string of the molecule is CC[C@@H]1/C=C(\C)C[C@H](C)C[C@H](C)[C@@H]2CC[C@@H](C)[C@@](O)(O2)C(=O)C(=O)N2CCCCC2C(=O)O[C@H](/C(C)=C/[C@@]2(C)CC[C@@H](O)[C@H](OC)C2)[C@H](C)[C@@H](O)CC1=O. The molecular weight excluding hydrogens is 690 g/mol. The van der Waals surface area contributed by atoms with E-state index >= 15 is 0 Å². The summed E-state index contributed by atoms with van der Waals surface area (Å²) in [5.74, 6) is -6.65. The number of aliphatic hydroxyl groups excluding tert-OH is 2. The van der Waals surface area contributed by atoms with Crippen LogP contribution in [0.2, 0.25) is 0 Å². The molecule has 1 saturated carbocycles. The standard InChI is InChI=1S/C43H69NO10/c1-10-31-21-26(3)19-25(2)20-27(4)36-15-14-29(6)43(51,54-36)39(48)40(49)44-18-12-11-13-32(44)41(50)53-38(30(7)34(46)22-35(31)47)28(5)23-42(8)17-16-33(45)37(24-42)52-9/h21,23,25,27,29-34,36-38,45-46,51H,10-20,22,24H2,1-9H3/b26-21+,28-23+/t25-,27-,29+,30+,31+,32?,33+,34-,36-,37+,38+,42+,43+/m0/s1. The first kappa shape index (κ1) is 44.3. The van der Waals surface area contributed by atoms with Crippen molar-refractivity contribution in [3.63, 3.8) is 0 Å². The van der Waals surface area contributed by atoms with Crippen molar-refractivity contribution in [3.05, 3.63) is 23.3 Å². The first-order valence-corrected chi connectivity index (χ1v) is 20.6. The van der Waals surface area contributed by atoms with E-state index in [1.54, 1.807) is 21.0 Å². The predicted octanol–water partition coefficient (Wildman–Crippen LogP) is 5.86. The van der Waals surface area contributed by atoms with Crippen LogP contribution in [-0.2, 0) is 33.4 Å². The molecule has 0 aromatic heterocycles. The maximum absolute atomic E-state index is 14.3. The van der Waals surface area contributed by atoms with Gasteiger partial charge in [-0.05, 0) is 107 Å². The fraction of sp³-hybridized carbons (Fsp3) is 0.814. The number of cyclic esters (lactones) is 1. The normalized spacial score (nSPS) is 42.7. The van der Waals surface area contributed by atoms with Crippen molar-refractivity contribution in [2.75, 3.05) is 13.7 Å². The average molecular weight is 760 g/mol. The van der Waals surface area contributed by atoms with Crippen LogP contribution in [0.3, 0.4) is 0 Å². The number of hydrogen-bond acceptors (Lipinski definition) is 10. The Morgan fingerprint density at radius 1 is 1.02 bits per heavy atom. The number of hydrogen-bond donors (Lipinski definition) is 3. The molecule has 3 fully saturated rings. The molecule has 1 unspecified atom stereocenters. The van der Waals surface area contributed by atoms with Crippen molar-refractivity contribution in [2.24, 2.45) is 35.0 Å². The highest BCUT2D eigenvalue weighted by atomic mass is 16.6. The number of carbonyl (C=O) groups is 4. The maximum Gasteiger partial charge on any atom is 0.329 e. The summed E-state index contributed by atoms with van der Waals surface area (Å²) in [5.41, 5.74) is 1.34. The molecule has 2 bridgehead atoms. The van der Waals surface area contributed by atoms with Crippen LogP contribution in [0.1, 0.15) is 132 Å². The van der Waals surface area contributed by atoms with Gasteiger partial charge < -0.3 is 34.4 Å². The fourth-order valence-corrected chi connectivity index (χ4v) is 9.59. The maximum atomic E-state index is 14.3. The Balaban J connectivity index is 1.75. The number of ketones is 2. The summed E-state index contributed by atoms with van der Waals surface area (Å²) in [4.78, 5) is 57.4. The number of Topliss-reactive ketones (excluding diaryl/α,β-unsaturated/α-hetero) is 2. The quantitative estimate of drug-likeness (QED) is 0.180. The van der Waals surface area contributed by atoms with Crippen molar-refractivity contribution in [3.8, 4) is 0 Å². The van der Waals surface area contributed by atoms with Crippen molar-refractivity contribution in [1.29, 1.82) is 0 Å². The largest absolute Gasteiger partial charge is 0.456 e. The highest BCUT2D eigenvalue weighted by Crippen LogP contribution is 2.41. The van der Waals surface area contributed by atoms with Gasteiger partial charge >= 0.3 is 5.97 Å². The molecule has 3 heterocycles. The lowest BCUT2D eigenvalue weighted by atomic mass is 9.71. The van der Waals surface area contributed by atoms with E-state index in [1.165, 1.54) is 4.90 Å². The van der Waals surface area contributed by atoms with Gasteiger partial charge in [0.15, 0.2) is 0 Å². The van der Waals surface area contributed by atoms with Crippen LogP contribution in [0.15, 0.2) is 23.3 Å². The zero-order valence-electron chi connectivity index (χ0n) is 34.3. The summed E-state index contributed by atoms with van der Waals surface area (Å²) >= 11 is 0. The summed E-state index contributed by atoms with van der Waals surface area (Å²) in [5, 5.41) is 34.0. The fourth-order valence-electron chi connectivity index (χ4n) is 9.59. The molecule has 4 aliphatic rings. The zero-order valence-corrected chi connectivity index (χ0v) is 34.3. The van der Waals surface area contributed by atoms with Gasteiger partial charge in [-0.1, -0.05) is 59.3 Å². The number of aliphatic hydroxyl groups is 3. The minimum atomic E-state index is -2.32. The van der Waals surface area contributed by atoms with Crippen molar-refractivity contribution >= 4 is 23.4 Å². The Morgan fingerprint density at radius 3 is 2.39 bits per heavy atom. The molecule has 0 radical (unpaired) electrons. The van der Waals surface area contributed by atoms with Crippen molar-refractivity contribution < 1.29 is 48.7 Å². The number of ether oxygens (including phenoxy) is 3. The number of piperidine rings is 1. The Labute approximate surface area is 323 Å². The number of allylic oxidation sites excluding steroid dienone is 3. The highest BCUT2D eigenvalue weighted by molar-refractivity contribution is 6.39. The lowest BCUT2D eigenvalue weighted by molar-refractivity contribution is -0.270. The monoisotopic (exact) mass is 759 g/mol. The van der Waals surface area contributed by atoms with E-state index in [0.29, 0.717) is 56.9 Å². The third kappa shape index (κ3) is 10.3. The average Bonchev–Trinajstić information content (AvgIpc) is 3.13. The second-order valence-corrected chi connectivity index (χ2v) is 17.8. The topological polar surface area (TPSA) is 160 Å². The third-order valence-electron chi connectivity index (χ3n) is 13.0. The highest BCUT2D eigenvalue weighted by Gasteiger charge is 2.53. The van der Waals surface area contributed by atoms with Gasteiger partial charge in [0, 0.05) is 37.8 Å². The van der Waals surface area contributed by atoms with Crippen LogP contribution < -0.4 is 0 Å². The summed E-state index contributed by atoms with van der Waals surface area (Å²) in [6.45, 7) is 15.7. The van der Waals surface area contributed by atoms with Gasteiger partial charge in [0.1, 0.15) is 17.9 Å². The zero-order chi connectivity index (χ0) is 40.1. The molecule has 3 aliphatic heterocycles. The molecule has 3 N–H and O–H groups in total. The molecular formula is C43H69NO10. The van der Waals surface area contributed by atoms with Gasteiger partial charge in [-0.3, -0.25) is 14.4 Å². The molecule has 0 aromatic rings. The molecule has 54 heavy (non-hydrogen) atoms. The second kappa shape index (κ2) is 18.7. The molecule has 11 nitrogen and oxygen atoms in total. The summed E-state index contributed by atoms with van der Waals surface area (Å²) in [6.07, 6.45) is 6.85. The van der Waals surface area contributed by atoms with E-state index in [0.717, 1.165) is 18.4 Å². The smallest absolute Gasteiger partial charge is 0.329 e. The van der Waals surface area contributed by atoms with Gasteiger partial charge in [-0.15, -0.1) is 0 Å². The van der Waals surface area contributed by atoms with Crippen LogP contribution in [0.5, 0.6) is 0 Å². The van der Waals surface area contributed by atoms with Gasteiger partial charge in [0.25, 0.3) is 11.7 Å². The lowest BCUT2D eigenvalue weighted by Gasteiger charge is -2.44. The predicted molar refractivity (Wildman–Crippen MR) is 205 cm³/mol. The summed E-state index contributed by atoms with van der Waals surface area (Å²) in [7, 11) is 1.57. The van der Waals surface area contributed by atoms with Crippen LogP contribution in [0, 0.1) is 35.0 Å². The molecule has 306 valence electrons. The number of fused-ring (bicyclic) bond motifs is 3. The Morgan fingerprint density at radius 2 is 1.72 bits per heavy atom. The Hall–Kier alpha value is -2.44. The van der Waals surface area contributed by atoms with Crippen LogP contribution >= 0.6 is 0 Å². The number of methoxy groups -OCH3 is 1. The molecule has 13 atom stereocenters. The van der Waals surface area contributed by atoms with Crippen LogP contribution in [-0.4, -0.2) is 99.7 Å². The summed E-state index contributed by atoms with van der Waals surface area (Å²) in [6, 6.07) is -1.08. The third-order valence-corrected chi connectivity index (χ3v) is 13.0. The van der Waals surface area contributed by atoms with Crippen LogP contribution in [0.4, 0.5) is 0 Å². The molecule has 0 spiro atoms. The van der Waals surface area contributed by atoms with Gasteiger partial charge in [0.05, 0.1) is 24.4 Å². The van der Waals surface area contributed by atoms with Gasteiger partial charge in [-0.2, -0.15) is 0 Å². The first-order chi connectivity index (χ1) is 25.3. The van der Waals surface area contributed by atoms with E-state index < -0.39 is 71.2 Å². The van der Waals surface area contributed by atoms with Crippen molar-refractivity contribution in [1.82, 2.24) is 4.90 Å². The molecule has 1 amide bonds. The minimum Gasteiger partial charge on any atom is -0.456 e. The van der Waals surface area contributed by atoms with Crippen LogP contribution in [0.25, 0.3) is 0 Å². The number of rotatable bonds is 4. The van der Waals surface area contributed by atoms with Gasteiger partial charge in [0.2, 0.25) is 5.79 Å². The molecule has 2 saturated heterocycles. The molecule has 11 heteroatoms. The molecule has 0 aromatic carbocycles. The van der Waals surface area contributed by atoms with E-state index in [-0.39, 0.29) is 49.0 Å². The number of nitrogens with zero attached hydrogens (tertiary/aromatic N) is 1. The van der Waals surface area contributed by atoms with E-state index in [1.807, 2.05) is 39.8 Å². The van der Waals surface area contributed by atoms with Crippen molar-refractivity contribution in [2.45, 2.75) is 175 Å². The Bertz CT molecular complexity index is 1410. The lowest BCUT2D eigenvalue weighted by Crippen LogP contribution is -2.61. The Kier molecular flexibility index (Phi) is 15.3. The minimum absolute atomic E-state index is 0.0173. The second-order valence-electron chi connectivity index (χ2n) is 17.8. The van der Waals surface area contributed by atoms with E-state index in [4.69, 9.17) is 14.2 Å². The summed E-state index contributed by atoms with van der Waals surface area (Å²) < 4.78 is 18.1. The van der Waals surface area contributed by atoms with Gasteiger partial charge in [-0.25, -0.2) is 4.79 Å². The van der Waals surface area contributed by atoms with E-state index in [2.05, 4.69) is 13.8 Å². The van der Waals surface area contributed by atoms with E-state index in [9.17, 15) is 34.5 Å². The number of esters is 1. The number of amides is 1.